The van der Waals surface area contributed by atoms with Gasteiger partial charge < -0.3 is 19.8 Å². The normalized spacial score (nSPS) is 17.8. The van der Waals surface area contributed by atoms with Gasteiger partial charge in [0.1, 0.15) is 5.75 Å². The second kappa shape index (κ2) is 7.51. The van der Waals surface area contributed by atoms with Crippen LogP contribution >= 0.6 is 0 Å². The third kappa shape index (κ3) is 3.61. The molecule has 0 saturated carbocycles. The minimum absolute atomic E-state index is 0.0171. The van der Waals surface area contributed by atoms with E-state index in [0.29, 0.717) is 18.7 Å². The summed E-state index contributed by atoms with van der Waals surface area (Å²) in [4.78, 5) is 1.64. The zero-order chi connectivity index (χ0) is 18.8. The number of aliphatic hydroxyl groups is 1. The van der Waals surface area contributed by atoms with Crippen molar-refractivity contribution in [3.8, 4) is 17.0 Å². The molecule has 2 N–H and O–H groups in total. The van der Waals surface area contributed by atoms with Crippen molar-refractivity contribution >= 4 is 5.82 Å². The van der Waals surface area contributed by atoms with Crippen LogP contribution in [-0.4, -0.2) is 52.8 Å². The predicted molar refractivity (Wildman–Crippen MR) is 92.6 cm³/mol. The molecular weight excluding hydrogens is 344 g/mol. The summed E-state index contributed by atoms with van der Waals surface area (Å²) in [6.45, 7) is 4.40. The molecule has 3 rings (SSSR count). The molecule has 1 aliphatic heterocycles. The fourth-order valence-electron chi connectivity index (χ4n) is 3.23. The number of morpholine rings is 1. The van der Waals surface area contributed by atoms with Gasteiger partial charge in [0.2, 0.25) is 0 Å². The van der Waals surface area contributed by atoms with Crippen molar-refractivity contribution in [1.29, 1.82) is 0 Å². The second-order valence-electron chi connectivity index (χ2n) is 6.41. The SMILES string of the molecule is Cc1cc(C)c(-c2cc(C(F)F)c(N3CCO[C@H](CO)C3)nn2)c(O)c1. The van der Waals surface area contributed by atoms with E-state index in [4.69, 9.17) is 4.74 Å². The zero-order valence-electron chi connectivity index (χ0n) is 14.6. The van der Waals surface area contributed by atoms with Gasteiger partial charge in [-0.3, -0.25) is 0 Å². The summed E-state index contributed by atoms with van der Waals surface area (Å²) in [6, 6.07) is 4.68. The van der Waals surface area contributed by atoms with Crippen molar-refractivity contribution in [2.24, 2.45) is 0 Å². The summed E-state index contributed by atoms with van der Waals surface area (Å²) < 4.78 is 32.7. The number of aromatic hydroxyl groups is 1. The van der Waals surface area contributed by atoms with Crippen LogP contribution in [0.1, 0.15) is 23.1 Å². The van der Waals surface area contributed by atoms with Gasteiger partial charge in [0.15, 0.2) is 5.82 Å². The molecule has 0 radical (unpaired) electrons. The topological polar surface area (TPSA) is 78.7 Å². The first-order valence-electron chi connectivity index (χ1n) is 8.34. The number of hydrogen-bond donors (Lipinski definition) is 2. The molecule has 8 heteroatoms. The van der Waals surface area contributed by atoms with Crippen LogP contribution in [0.15, 0.2) is 18.2 Å². The summed E-state index contributed by atoms with van der Waals surface area (Å²) >= 11 is 0. The highest BCUT2D eigenvalue weighted by Gasteiger charge is 2.27. The number of anilines is 1. The first-order chi connectivity index (χ1) is 12.4. The fraction of sp³-hybridized carbons (Fsp3) is 0.444. The molecule has 2 heterocycles. The number of benzene rings is 1. The maximum Gasteiger partial charge on any atom is 0.267 e. The molecule has 0 aliphatic carbocycles. The number of aryl methyl sites for hydroxylation is 2. The monoisotopic (exact) mass is 365 g/mol. The molecule has 140 valence electrons. The van der Waals surface area contributed by atoms with Crippen molar-refractivity contribution in [3.05, 3.63) is 34.9 Å². The first-order valence-corrected chi connectivity index (χ1v) is 8.34. The summed E-state index contributed by atoms with van der Waals surface area (Å²) in [7, 11) is 0. The highest BCUT2D eigenvalue weighted by Crippen LogP contribution is 2.36. The average Bonchev–Trinajstić information content (AvgIpc) is 2.60. The van der Waals surface area contributed by atoms with E-state index < -0.39 is 12.5 Å². The van der Waals surface area contributed by atoms with Crippen LogP contribution in [0.2, 0.25) is 0 Å². The van der Waals surface area contributed by atoms with E-state index in [1.165, 1.54) is 6.07 Å². The molecule has 1 saturated heterocycles. The van der Waals surface area contributed by atoms with Crippen LogP contribution in [0.5, 0.6) is 5.75 Å². The quantitative estimate of drug-likeness (QED) is 0.867. The third-order valence-corrected chi connectivity index (χ3v) is 4.40. The van der Waals surface area contributed by atoms with Crippen molar-refractivity contribution in [1.82, 2.24) is 10.2 Å². The lowest BCUT2D eigenvalue weighted by Gasteiger charge is -2.33. The number of phenols is 1. The summed E-state index contributed by atoms with van der Waals surface area (Å²) in [5.74, 6) is 0.0613. The summed E-state index contributed by atoms with van der Waals surface area (Å²) in [5.41, 5.74) is 1.94. The van der Waals surface area contributed by atoms with Crippen LogP contribution in [0, 0.1) is 13.8 Å². The Bertz CT molecular complexity index is 778. The van der Waals surface area contributed by atoms with Gasteiger partial charge in [-0.2, -0.15) is 0 Å². The number of alkyl halides is 2. The Kier molecular flexibility index (Phi) is 5.33. The average molecular weight is 365 g/mol. The number of aliphatic hydroxyl groups excluding tert-OH is 1. The predicted octanol–water partition coefficient (Wildman–Crippen LogP) is 2.60. The van der Waals surface area contributed by atoms with Gasteiger partial charge in [0.05, 0.1) is 30.6 Å². The van der Waals surface area contributed by atoms with E-state index in [1.54, 1.807) is 17.9 Å². The number of rotatable bonds is 4. The van der Waals surface area contributed by atoms with Gasteiger partial charge in [-0.15, -0.1) is 10.2 Å². The molecule has 0 bridgehead atoms. The smallest absolute Gasteiger partial charge is 0.267 e. The maximum absolute atomic E-state index is 13.7. The van der Waals surface area contributed by atoms with E-state index in [0.717, 1.165) is 11.1 Å². The lowest BCUT2D eigenvalue weighted by atomic mass is 10.0. The minimum atomic E-state index is -2.75. The Morgan fingerprint density at radius 1 is 1.27 bits per heavy atom. The van der Waals surface area contributed by atoms with Crippen LogP contribution in [-0.2, 0) is 4.74 Å². The van der Waals surface area contributed by atoms with Gasteiger partial charge in [-0.25, -0.2) is 8.78 Å². The lowest BCUT2D eigenvalue weighted by molar-refractivity contribution is 0.00309. The molecule has 1 aromatic heterocycles. The highest BCUT2D eigenvalue weighted by molar-refractivity contribution is 5.72. The van der Waals surface area contributed by atoms with Gasteiger partial charge >= 0.3 is 0 Å². The van der Waals surface area contributed by atoms with Crippen LogP contribution < -0.4 is 4.90 Å². The Morgan fingerprint density at radius 2 is 2.04 bits per heavy atom. The molecule has 0 amide bonds. The largest absolute Gasteiger partial charge is 0.507 e. The Hall–Kier alpha value is -2.32. The second-order valence-corrected chi connectivity index (χ2v) is 6.41. The number of nitrogens with zero attached hydrogens (tertiary/aromatic N) is 3. The number of aromatic nitrogens is 2. The molecule has 1 atom stereocenters. The number of ether oxygens (including phenoxy) is 1. The lowest BCUT2D eigenvalue weighted by Crippen LogP contribution is -2.45. The van der Waals surface area contributed by atoms with Crippen molar-refractivity contribution in [3.63, 3.8) is 0 Å². The zero-order valence-corrected chi connectivity index (χ0v) is 14.6. The van der Waals surface area contributed by atoms with Gasteiger partial charge in [0, 0.05) is 18.7 Å². The fourth-order valence-corrected chi connectivity index (χ4v) is 3.23. The summed E-state index contributed by atoms with van der Waals surface area (Å²) in [6.07, 6.45) is -3.19. The molecule has 6 nitrogen and oxygen atoms in total. The number of hydrogen-bond acceptors (Lipinski definition) is 6. The van der Waals surface area contributed by atoms with E-state index in [2.05, 4.69) is 10.2 Å². The molecular formula is C18H21F2N3O3. The Balaban J connectivity index is 2.03. The molecule has 2 aromatic rings. The molecule has 1 fully saturated rings. The van der Waals surface area contributed by atoms with E-state index in [-0.39, 0.29) is 36.0 Å². The maximum atomic E-state index is 13.7. The van der Waals surface area contributed by atoms with Gasteiger partial charge in [-0.1, -0.05) is 6.07 Å². The molecule has 1 aromatic carbocycles. The highest BCUT2D eigenvalue weighted by atomic mass is 19.3. The molecule has 26 heavy (non-hydrogen) atoms. The van der Waals surface area contributed by atoms with Crippen molar-refractivity contribution in [2.45, 2.75) is 26.4 Å². The van der Waals surface area contributed by atoms with E-state index in [1.807, 2.05) is 13.0 Å². The molecule has 0 spiro atoms. The minimum Gasteiger partial charge on any atom is -0.507 e. The number of phenolic OH excluding ortho intramolecular Hbond substituents is 1. The first kappa shape index (κ1) is 18.5. The number of halogens is 2. The van der Waals surface area contributed by atoms with Gasteiger partial charge in [0.25, 0.3) is 6.43 Å². The molecule has 1 aliphatic rings. The molecule has 0 unspecified atom stereocenters. The van der Waals surface area contributed by atoms with Crippen molar-refractivity contribution in [2.75, 3.05) is 31.2 Å². The van der Waals surface area contributed by atoms with Crippen LogP contribution in [0.4, 0.5) is 14.6 Å². The summed E-state index contributed by atoms with van der Waals surface area (Å²) in [5, 5.41) is 27.6. The van der Waals surface area contributed by atoms with Crippen molar-refractivity contribution < 1.29 is 23.7 Å². The third-order valence-electron chi connectivity index (χ3n) is 4.40. The van der Waals surface area contributed by atoms with Crippen LogP contribution in [0.3, 0.4) is 0 Å². The standard InChI is InChI=1S/C18H21F2N3O3/c1-10-5-11(2)16(15(25)6-10)14-7-13(17(19)20)18(22-21-14)23-3-4-26-12(8-23)9-24/h5-7,12,17,24-25H,3-4,8-9H2,1-2H3/t12-/m0/s1. The van der Waals surface area contributed by atoms with E-state index in [9.17, 15) is 19.0 Å². The van der Waals surface area contributed by atoms with E-state index >= 15 is 0 Å². The van der Waals surface area contributed by atoms with Gasteiger partial charge in [-0.05, 0) is 37.1 Å². The van der Waals surface area contributed by atoms with Crippen LogP contribution in [0.25, 0.3) is 11.3 Å². The Morgan fingerprint density at radius 3 is 2.69 bits per heavy atom. The Labute approximate surface area is 150 Å².